The van der Waals surface area contributed by atoms with E-state index in [9.17, 15) is 15.3 Å². The van der Waals surface area contributed by atoms with E-state index in [2.05, 4.69) is 4.99 Å². The summed E-state index contributed by atoms with van der Waals surface area (Å²) in [5, 5.41) is 39.0. The van der Waals surface area contributed by atoms with Crippen LogP contribution < -0.4 is 0 Å². The molecule has 2 rings (SSSR count). The van der Waals surface area contributed by atoms with Gasteiger partial charge in [0.25, 0.3) is 0 Å². The molecule has 0 aromatic heterocycles. The van der Waals surface area contributed by atoms with E-state index in [4.69, 9.17) is 9.84 Å². The first-order valence-electron chi connectivity index (χ1n) is 5.68. The van der Waals surface area contributed by atoms with Gasteiger partial charge in [-0.25, -0.2) is 0 Å². The van der Waals surface area contributed by atoms with Crippen molar-refractivity contribution in [2.24, 2.45) is 4.99 Å². The van der Waals surface area contributed by atoms with E-state index in [1.807, 2.05) is 14.1 Å². The van der Waals surface area contributed by atoms with Gasteiger partial charge < -0.3 is 30.1 Å². The fourth-order valence-electron chi connectivity index (χ4n) is 2.01. The van der Waals surface area contributed by atoms with Crippen molar-refractivity contribution in [1.82, 2.24) is 4.90 Å². The van der Waals surface area contributed by atoms with Crippen LogP contribution in [0.25, 0.3) is 0 Å². The Hall–Kier alpha value is -0.380. The molecule has 8 heteroatoms. The minimum atomic E-state index is -1.26. The molecule has 2 aliphatic heterocycles. The Balaban J connectivity index is 2.14. The number of aliphatic imine (C=N–C) groups is 1. The quantitative estimate of drug-likeness (QED) is 0.455. The van der Waals surface area contributed by atoms with Crippen LogP contribution in [-0.4, -0.2) is 87.1 Å². The monoisotopic (exact) mass is 278 g/mol. The molecule has 0 aromatic rings. The summed E-state index contributed by atoms with van der Waals surface area (Å²) < 4.78 is 5.53. The van der Waals surface area contributed by atoms with Crippen molar-refractivity contribution in [3.8, 4) is 0 Å². The van der Waals surface area contributed by atoms with Crippen LogP contribution >= 0.6 is 11.8 Å². The van der Waals surface area contributed by atoms with Crippen LogP contribution in [0.2, 0.25) is 0 Å². The lowest BCUT2D eigenvalue weighted by molar-refractivity contribution is -0.190. The second kappa shape index (κ2) is 5.32. The zero-order valence-electron chi connectivity index (χ0n) is 10.2. The van der Waals surface area contributed by atoms with Gasteiger partial charge in [-0.15, -0.1) is 0 Å². The lowest BCUT2D eigenvalue weighted by Gasteiger charge is -2.39. The van der Waals surface area contributed by atoms with Gasteiger partial charge in [0, 0.05) is 14.1 Å². The fourth-order valence-corrected chi connectivity index (χ4v) is 3.16. The summed E-state index contributed by atoms with van der Waals surface area (Å²) in [7, 11) is 3.65. The van der Waals surface area contributed by atoms with Gasteiger partial charge in [-0.1, -0.05) is 11.8 Å². The van der Waals surface area contributed by atoms with E-state index < -0.39 is 42.5 Å². The van der Waals surface area contributed by atoms with Gasteiger partial charge in [0.05, 0.1) is 6.61 Å². The maximum absolute atomic E-state index is 10.0. The van der Waals surface area contributed by atoms with Gasteiger partial charge in [0.2, 0.25) is 0 Å². The molecule has 6 atom stereocenters. The predicted molar refractivity (Wildman–Crippen MR) is 66.3 cm³/mol. The first kappa shape index (κ1) is 14.0. The molecule has 0 aromatic carbocycles. The normalized spacial score (nSPS) is 41.2. The van der Waals surface area contributed by atoms with Gasteiger partial charge in [-0.2, -0.15) is 0 Å². The minimum absolute atomic E-state index is 0.452. The molecule has 18 heavy (non-hydrogen) atoms. The van der Waals surface area contributed by atoms with Crippen LogP contribution in [0.3, 0.4) is 0 Å². The molecule has 0 radical (unpaired) electrons. The van der Waals surface area contributed by atoms with Crippen LogP contribution in [0.15, 0.2) is 4.99 Å². The molecule has 0 aliphatic carbocycles. The van der Waals surface area contributed by atoms with E-state index in [0.717, 1.165) is 0 Å². The lowest BCUT2D eigenvalue weighted by Crippen LogP contribution is -2.58. The predicted octanol–water partition coefficient (Wildman–Crippen LogP) is -2.18. The van der Waals surface area contributed by atoms with E-state index in [-0.39, 0.29) is 0 Å². The van der Waals surface area contributed by atoms with Crippen LogP contribution in [-0.2, 0) is 4.74 Å². The molecule has 0 spiro atoms. The van der Waals surface area contributed by atoms with E-state index in [1.165, 1.54) is 11.8 Å². The Morgan fingerprint density at radius 2 is 2.06 bits per heavy atom. The molecule has 0 saturated carbocycles. The summed E-state index contributed by atoms with van der Waals surface area (Å²) in [4.78, 5) is 6.08. The molecule has 0 bridgehead atoms. The van der Waals surface area contributed by atoms with Crippen molar-refractivity contribution in [3.63, 3.8) is 0 Å². The third kappa shape index (κ3) is 2.36. The summed E-state index contributed by atoms with van der Waals surface area (Å²) in [5.41, 5.74) is -0.452. The van der Waals surface area contributed by atoms with Crippen LogP contribution in [0.1, 0.15) is 0 Å². The zero-order valence-corrected chi connectivity index (χ0v) is 11.0. The summed E-state index contributed by atoms with van der Waals surface area (Å²) in [6, 6.07) is -0.551. The lowest BCUT2D eigenvalue weighted by atomic mass is 9.95. The molecular formula is C10H18N2O5S. The van der Waals surface area contributed by atoms with Crippen molar-refractivity contribution < 1.29 is 25.2 Å². The highest BCUT2D eigenvalue weighted by Crippen LogP contribution is 2.37. The Morgan fingerprint density at radius 1 is 1.39 bits per heavy atom. The van der Waals surface area contributed by atoms with E-state index >= 15 is 0 Å². The number of ether oxygens (including phenoxy) is 1. The second-order valence-electron chi connectivity index (χ2n) is 4.61. The zero-order chi connectivity index (χ0) is 13.4. The molecule has 1 fully saturated rings. The number of aliphatic hydroxyl groups excluding tert-OH is 4. The fraction of sp³-hybridized carbons (Fsp3) is 0.900. The second-order valence-corrected chi connectivity index (χ2v) is 5.68. The van der Waals surface area contributed by atoms with Crippen LogP contribution in [0, 0.1) is 0 Å². The maximum Gasteiger partial charge on any atom is 0.161 e. The Bertz CT molecular complexity index is 340. The number of thioether (sulfide) groups is 1. The number of fused-ring (bicyclic) bond motifs is 1. The molecule has 2 heterocycles. The summed E-state index contributed by atoms with van der Waals surface area (Å²) >= 11 is 1.33. The highest BCUT2D eigenvalue weighted by atomic mass is 32.2. The summed E-state index contributed by atoms with van der Waals surface area (Å²) in [5.74, 6) is 0. The highest BCUT2D eigenvalue weighted by Gasteiger charge is 2.50. The largest absolute Gasteiger partial charge is 0.394 e. The number of hydrogen-bond donors (Lipinski definition) is 4. The van der Waals surface area contributed by atoms with Crippen molar-refractivity contribution in [2.75, 3.05) is 20.7 Å². The molecular weight excluding hydrogens is 260 g/mol. The first-order valence-corrected chi connectivity index (χ1v) is 6.56. The van der Waals surface area contributed by atoms with Crippen LogP contribution in [0.4, 0.5) is 0 Å². The highest BCUT2D eigenvalue weighted by molar-refractivity contribution is 8.14. The topological polar surface area (TPSA) is 106 Å². The average molecular weight is 278 g/mol. The van der Waals surface area contributed by atoms with Gasteiger partial charge >= 0.3 is 0 Å². The van der Waals surface area contributed by atoms with Crippen molar-refractivity contribution in [1.29, 1.82) is 0 Å². The summed E-state index contributed by atoms with van der Waals surface area (Å²) in [6.07, 6.45) is -4.60. The Kier molecular flexibility index (Phi) is 4.15. The van der Waals surface area contributed by atoms with Gasteiger partial charge in [-0.05, 0) is 0 Å². The van der Waals surface area contributed by atoms with Crippen molar-refractivity contribution in [2.45, 2.75) is 35.9 Å². The first-order chi connectivity index (χ1) is 8.45. The number of hydrogen-bond acceptors (Lipinski definition) is 8. The summed E-state index contributed by atoms with van der Waals surface area (Å²) in [6.45, 7) is -0.530. The minimum Gasteiger partial charge on any atom is -0.394 e. The standard InChI is InChI=1S/C10H18N2O5S/c1-12(2)10-11-5-6(15)7(16)8(4(14)3-13)17-9(5)18-10/h4-9,13-16H,3H2,1-2H3. The molecule has 4 N–H and O–H groups in total. The molecule has 104 valence electrons. The molecule has 7 nitrogen and oxygen atoms in total. The van der Waals surface area contributed by atoms with E-state index in [0.29, 0.717) is 5.17 Å². The number of aliphatic hydroxyl groups is 4. The average Bonchev–Trinajstić information content (AvgIpc) is 2.77. The van der Waals surface area contributed by atoms with Gasteiger partial charge in [0.15, 0.2) is 5.17 Å². The number of nitrogens with zero attached hydrogens (tertiary/aromatic N) is 2. The maximum atomic E-state index is 10.0. The van der Waals surface area contributed by atoms with Crippen LogP contribution in [0.5, 0.6) is 0 Å². The smallest absolute Gasteiger partial charge is 0.161 e. The molecule has 0 amide bonds. The number of rotatable bonds is 2. The van der Waals surface area contributed by atoms with Crippen molar-refractivity contribution in [3.05, 3.63) is 0 Å². The molecule has 6 unspecified atom stereocenters. The third-order valence-corrected chi connectivity index (χ3v) is 4.34. The Morgan fingerprint density at radius 3 is 2.61 bits per heavy atom. The van der Waals surface area contributed by atoms with Gasteiger partial charge in [-0.3, -0.25) is 4.99 Å². The Labute approximate surface area is 109 Å². The van der Waals surface area contributed by atoms with Gasteiger partial charge in [0.1, 0.15) is 35.9 Å². The molecule has 1 saturated heterocycles. The molecule has 2 aliphatic rings. The van der Waals surface area contributed by atoms with E-state index in [1.54, 1.807) is 4.90 Å². The number of amidine groups is 1. The SMILES string of the molecule is CN(C)C1=NC2C(OC(C(O)CO)C(O)C2O)S1. The van der Waals surface area contributed by atoms with Crippen molar-refractivity contribution >= 4 is 16.9 Å². The third-order valence-electron chi connectivity index (χ3n) is 3.04.